The van der Waals surface area contributed by atoms with Gasteiger partial charge < -0.3 is 47.7 Å². The smallest absolute Gasteiger partial charge is 0.449 e. The van der Waals surface area contributed by atoms with Crippen LogP contribution in [0.3, 0.4) is 0 Å². The number of piperazine rings is 1. The molecule has 0 aliphatic carbocycles. The van der Waals surface area contributed by atoms with E-state index in [4.69, 9.17) is 27.8 Å². The number of carbonyl (C=O) groups is 3. The molecule has 3 aromatic rings. The maximum absolute atomic E-state index is 14.1. The van der Waals surface area contributed by atoms with E-state index in [0.29, 0.717) is 24.5 Å². The highest BCUT2D eigenvalue weighted by molar-refractivity contribution is 7.52. The number of nitrogens with zero attached hydrogens (tertiary/aromatic N) is 5. The summed E-state index contributed by atoms with van der Waals surface area (Å²) >= 11 is 0. The Bertz CT molecular complexity index is 1870. The molecule has 0 saturated carbocycles. The summed E-state index contributed by atoms with van der Waals surface area (Å²) < 4.78 is 40.1. The lowest BCUT2D eigenvalue weighted by Gasteiger charge is -2.36. The van der Waals surface area contributed by atoms with Gasteiger partial charge in [0.05, 0.1) is 18.9 Å². The quantitative estimate of drug-likeness (QED) is 0.177. The number of hydrogen-bond donors (Lipinski definition) is 2. The number of aromatic nitrogens is 2. The number of benzene rings is 1. The lowest BCUT2D eigenvalue weighted by atomic mass is 9.92. The van der Waals surface area contributed by atoms with Gasteiger partial charge in [-0.15, -0.1) is 0 Å². The van der Waals surface area contributed by atoms with E-state index in [1.54, 1.807) is 40.0 Å². The van der Waals surface area contributed by atoms with Gasteiger partial charge in [0.1, 0.15) is 24.2 Å². The standard InChI is InChI=1S/C36H49N6O11P/c1-6-7-19-50-34(45)41-17-15-40(16-18-41)33(44)27(23-54(47,48)51-22-28-30(36(2,3)4)53-35(46)52-28)38-32(43)26-20-29(42-14-13-25(21-42)49-5)39-31(37-26)24-11-9-8-10-12-24/h8-12,20,25,27H,6-7,13-19,21-23H2,1-5H3,(H,38,43)(H,47,48). The normalized spacial score (nSPS) is 18.0. The number of hydrogen-bond acceptors (Lipinski definition) is 13. The van der Waals surface area contributed by atoms with Gasteiger partial charge >= 0.3 is 19.5 Å². The van der Waals surface area contributed by atoms with Crippen LogP contribution in [0.4, 0.5) is 10.6 Å². The third-order valence-electron chi connectivity index (χ3n) is 9.09. The maximum atomic E-state index is 14.1. The van der Waals surface area contributed by atoms with Crippen LogP contribution in [0.5, 0.6) is 0 Å². The predicted octanol–water partition coefficient (Wildman–Crippen LogP) is 3.79. The van der Waals surface area contributed by atoms with Crippen LogP contribution in [0.25, 0.3) is 11.4 Å². The number of carbonyl (C=O) groups excluding carboxylic acids is 3. The molecule has 2 aromatic heterocycles. The minimum absolute atomic E-state index is 0.0219. The van der Waals surface area contributed by atoms with Crippen molar-refractivity contribution in [2.24, 2.45) is 0 Å². The van der Waals surface area contributed by atoms with Crippen molar-refractivity contribution >= 4 is 31.3 Å². The van der Waals surface area contributed by atoms with E-state index in [0.717, 1.165) is 19.3 Å². The zero-order chi connectivity index (χ0) is 39.0. The molecule has 3 amide bonds. The first-order valence-electron chi connectivity index (χ1n) is 18.0. The first kappa shape index (κ1) is 40.6. The highest BCUT2D eigenvalue weighted by Gasteiger charge is 2.37. The van der Waals surface area contributed by atoms with Gasteiger partial charge in [0, 0.05) is 63.4 Å². The van der Waals surface area contributed by atoms with E-state index in [1.165, 1.54) is 15.9 Å². The van der Waals surface area contributed by atoms with Gasteiger partial charge in [-0.1, -0.05) is 64.4 Å². The molecule has 4 heterocycles. The number of amides is 3. The van der Waals surface area contributed by atoms with Crippen LogP contribution in [-0.2, 0) is 35.4 Å². The zero-order valence-electron chi connectivity index (χ0n) is 31.3. The zero-order valence-corrected chi connectivity index (χ0v) is 32.2. The van der Waals surface area contributed by atoms with Crippen LogP contribution in [0.2, 0.25) is 0 Å². The van der Waals surface area contributed by atoms with Gasteiger partial charge in [-0.2, -0.15) is 0 Å². The summed E-state index contributed by atoms with van der Waals surface area (Å²) in [5.41, 5.74) is -0.0974. The van der Waals surface area contributed by atoms with Crippen molar-refractivity contribution in [3.63, 3.8) is 0 Å². The summed E-state index contributed by atoms with van der Waals surface area (Å²) in [7, 11) is -3.04. The molecule has 2 aliphatic rings. The van der Waals surface area contributed by atoms with E-state index in [-0.39, 0.29) is 61.9 Å². The SMILES string of the molecule is CCCCOC(=O)N1CCN(C(=O)C(CP(=O)(O)OCc2oc(=O)oc2C(C)(C)C)NC(=O)c2cc(N3CCC(OC)C3)nc(-c3ccccc3)n2)CC1. The Morgan fingerprint density at radius 1 is 1.06 bits per heavy atom. The second-order valence-corrected chi connectivity index (χ2v) is 16.1. The van der Waals surface area contributed by atoms with Crippen molar-refractivity contribution < 1.29 is 46.7 Å². The van der Waals surface area contributed by atoms with Crippen molar-refractivity contribution in [2.45, 2.75) is 71.1 Å². The highest BCUT2D eigenvalue weighted by atomic mass is 31.2. The summed E-state index contributed by atoms with van der Waals surface area (Å²) in [4.78, 5) is 77.8. The Balaban J connectivity index is 1.39. The average Bonchev–Trinajstić information content (AvgIpc) is 3.80. The molecule has 2 aliphatic heterocycles. The van der Waals surface area contributed by atoms with E-state index < -0.39 is 55.6 Å². The number of nitrogens with one attached hydrogen (secondary N) is 1. The van der Waals surface area contributed by atoms with Crippen molar-refractivity contribution in [3.05, 3.63) is 64.2 Å². The molecule has 54 heavy (non-hydrogen) atoms. The second-order valence-electron chi connectivity index (χ2n) is 14.2. The van der Waals surface area contributed by atoms with Gasteiger partial charge in [-0.05, 0) is 12.8 Å². The fourth-order valence-electron chi connectivity index (χ4n) is 6.12. The molecule has 0 spiro atoms. The molecular formula is C36H49N6O11P. The van der Waals surface area contributed by atoms with Crippen molar-refractivity contribution in [2.75, 3.05) is 64.0 Å². The van der Waals surface area contributed by atoms with Crippen LogP contribution in [0.1, 0.15) is 69.0 Å². The lowest BCUT2D eigenvalue weighted by molar-refractivity contribution is -0.134. The summed E-state index contributed by atoms with van der Waals surface area (Å²) in [5, 5.41) is 2.64. The molecule has 17 nitrogen and oxygen atoms in total. The van der Waals surface area contributed by atoms with E-state index >= 15 is 0 Å². The first-order valence-corrected chi connectivity index (χ1v) is 19.8. The topological polar surface area (TPSA) is 207 Å². The fourth-order valence-corrected chi connectivity index (χ4v) is 7.25. The summed E-state index contributed by atoms with van der Waals surface area (Å²) in [5.74, 6) is -1.62. The number of methoxy groups -OCH3 is 1. The van der Waals surface area contributed by atoms with Crippen LogP contribution >= 0.6 is 7.60 Å². The number of rotatable bonds is 14. The van der Waals surface area contributed by atoms with Gasteiger partial charge in [0.25, 0.3) is 5.91 Å². The summed E-state index contributed by atoms with van der Waals surface area (Å²) in [6, 6.07) is 9.04. The van der Waals surface area contributed by atoms with Crippen LogP contribution < -0.4 is 16.0 Å². The molecule has 3 atom stereocenters. The minimum Gasteiger partial charge on any atom is -0.449 e. The lowest BCUT2D eigenvalue weighted by Crippen LogP contribution is -2.56. The third kappa shape index (κ3) is 10.6. The molecule has 2 saturated heterocycles. The molecule has 294 valence electrons. The second kappa shape index (κ2) is 17.7. The molecule has 18 heteroatoms. The molecule has 0 radical (unpaired) electrons. The molecule has 3 unspecified atom stereocenters. The van der Waals surface area contributed by atoms with Gasteiger partial charge in [-0.3, -0.25) is 14.2 Å². The van der Waals surface area contributed by atoms with Crippen LogP contribution in [0.15, 0.2) is 50.0 Å². The van der Waals surface area contributed by atoms with E-state index in [9.17, 15) is 28.6 Å². The maximum Gasteiger partial charge on any atom is 0.519 e. The number of unbranched alkanes of at least 4 members (excludes halogenated alkanes) is 1. The van der Waals surface area contributed by atoms with Crippen molar-refractivity contribution in [1.82, 2.24) is 25.1 Å². The Labute approximate surface area is 313 Å². The predicted molar refractivity (Wildman–Crippen MR) is 196 cm³/mol. The minimum atomic E-state index is -4.67. The van der Waals surface area contributed by atoms with Gasteiger partial charge in [0.2, 0.25) is 5.91 Å². The van der Waals surface area contributed by atoms with Crippen LogP contribution in [-0.4, -0.2) is 114 Å². The first-order chi connectivity index (χ1) is 25.7. The Morgan fingerprint density at radius 2 is 1.76 bits per heavy atom. The average molecular weight is 773 g/mol. The molecule has 5 rings (SSSR count). The molecular weight excluding hydrogens is 723 g/mol. The Kier molecular flexibility index (Phi) is 13.3. The molecule has 2 fully saturated rings. The van der Waals surface area contributed by atoms with E-state index in [1.807, 2.05) is 30.0 Å². The van der Waals surface area contributed by atoms with E-state index in [2.05, 4.69) is 10.3 Å². The summed E-state index contributed by atoms with van der Waals surface area (Å²) in [6.07, 6.45) is 1.02. The molecule has 0 bridgehead atoms. The van der Waals surface area contributed by atoms with Crippen molar-refractivity contribution in [1.29, 1.82) is 0 Å². The number of anilines is 1. The highest BCUT2D eigenvalue weighted by Crippen LogP contribution is 2.44. The largest absolute Gasteiger partial charge is 0.519 e. The van der Waals surface area contributed by atoms with Gasteiger partial charge in [0.15, 0.2) is 17.3 Å². The molecule has 2 N–H and O–H groups in total. The summed E-state index contributed by atoms with van der Waals surface area (Å²) in [6.45, 7) is 8.63. The Morgan fingerprint density at radius 3 is 2.41 bits per heavy atom. The molecule has 1 aromatic carbocycles. The Hall–Kier alpha value is -4.57. The van der Waals surface area contributed by atoms with Crippen molar-refractivity contribution in [3.8, 4) is 11.4 Å². The van der Waals surface area contributed by atoms with Gasteiger partial charge in [-0.25, -0.2) is 19.6 Å². The third-order valence-corrected chi connectivity index (χ3v) is 10.5. The van der Waals surface area contributed by atoms with Crippen LogP contribution in [0, 0.1) is 0 Å². The monoisotopic (exact) mass is 772 g/mol. The number of ether oxygens (including phenoxy) is 2. The fraction of sp³-hybridized carbons (Fsp3) is 0.556.